The first-order valence-electron chi connectivity index (χ1n) is 8.53. The molecule has 3 N–H and O–H groups in total. The summed E-state index contributed by atoms with van der Waals surface area (Å²) in [5.41, 5.74) is -1.27. The number of carboxylic acid groups (broad SMARTS) is 1. The highest BCUT2D eigenvalue weighted by molar-refractivity contribution is 5.94. The van der Waals surface area contributed by atoms with Crippen LogP contribution in [-0.4, -0.2) is 55.5 Å². The highest BCUT2D eigenvalue weighted by Gasteiger charge is 2.35. The van der Waals surface area contributed by atoms with E-state index in [0.29, 0.717) is 6.07 Å². The SMILES string of the molecule is CCn1nc(C(F)(F)F)cc1C(=O)NCCNC(=O)c1cnn(C(C)C(=O)O)c1. The second-order valence-electron chi connectivity index (χ2n) is 5.96. The second kappa shape index (κ2) is 8.75. The molecule has 29 heavy (non-hydrogen) atoms. The third-order valence-corrected chi connectivity index (χ3v) is 3.92. The summed E-state index contributed by atoms with van der Waals surface area (Å²) in [5, 5.41) is 21.0. The van der Waals surface area contributed by atoms with Crippen molar-refractivity contribution in [1.29, 1.82) is 0 Å². The van der Waals surface area contributed by atoms with Gasteiger partial charge >= 0.3 is 12.1 Å². The van der Waals surface area contributed by atoms with Crippen LogP contribution in [0.5, 0.6) is 0 Å². The Labute approximate surface area is 162 Å². The second-order valence-corrected chi connectivity index (χ2v) is 5.96. The number of nitrogens with one attached hydrogen (secondary N) is 2. The quantitative estimate of drug-likeness (QED) is 0.549. The summed E-state index contributed by atoms with van der Waals surface area (Å²) in [6.45, 7) is 2.98. The molecule has 1 atom stereocenters. The number of aromatic nitrogens is 4. The Morgan fingerprint density at radius 2 is 1.83 bits per heavy atom. The lowest BCUT2D eigenvalue weighted by Crippen LogP contribution is -2.35. The Balaban J connectivity index is 1.88. The maximum absolute atomic E-state index is 12.7. The van der Waals surface area contributed by atoms with Gasteiger partial charge in [-0.25, -0.2) is 4.79 Å². The van der Waals surface area contributed by atoms with Crippen LogP contribution in [0.2, 0.25) is 0 Å². The highest BCUT2D eigenvalue weighted by atomic mass is 19.4. The van der Waals surface area contributed by atoms with E-state index in [1.807, 2.05) is 0 Å². The summed E-state index contributed by atoms with van der Waals surface area (Å²) in [4.78, 5) is 35.0. The van der Waals surface area contributed by atoms with Gasteiger partial charge in [-0.05, 0) is 13.8 Å². The van der Waals surface area contributed by atoms with E-state index >= 15 is 0 Å². The molecule has 0 bridgehead atoms. The van der Waals surface area contributed by atoms with Crippen LogP contribution >= 0.6 is 0 Å². The van der Waals surface area contributed by atoms with Gasteiger partial charge in [0.25, 0.3) is 11.8 Å². The van der Waals surface area contributed by atoms with Crippen LogP contribution in [0, 0.1) is 0 Å². The fourth-order valence-electron chi connectivity index (χ4n) is 2.30. The molecule has 2 amide bonds. The number of carboxylic acids is 1. The number of aryl methyl sites for hydroxylation is 1. The van der Waals surface area contributed by atoms with Crippen molar-refractivity contribution in [2.45, 2.75) is 32.6 Å². The van der Waals surface area contributed by atoms with Crippen molar-refractivity contribution in [3.05, 3.63) is 35.4 Å². The Bertz CT molecular complexity index is 905. The largest absolute Gasteiger partial charge is 0.480 e. The molecule has 2 aromatic heterocycles. The van der Waals surface area contributed by atoms with Crippen LogP contribution in [-0.2, 0) is 17.5 Å². The average Bonchev–Trinajstić information content (AvgIpc) is 3.30. The van der Waals surface area contributed by atoms with Crippen molar-refractivity contribution in [2.75, 3.05) is 13.1 Å². The average molecular weight is 416 g/mol. The predicted molar refractivity (Wildman–Crippen MR) is 92.1 cm³/mol. The van der Waals surface area contributed by atoms with E-state index in [2.05, 4.69) is 20.8 Å². The number of rotatable bonds is 8. The van der Waals surface area contributed by atoms with E-state index in [-0.39, 0.29) is 30.9 Å². The third kappa shape index (κ3) is 5.33. The van der Waals surface area contributed by atoms with Gasteiger partial charge < -0.3 is 15.7 Å². The molecule has 13 heteroatoms. The predicted octanol–water partition coefficient (Wildman–Crippen LogP) is 0.924. The molecular weight excluding hydrogens is 397 g/mol. The van der Waals surface area contributed by atoms with Crippen molar-refractivity contribution in [1.82, 2.24) is 30.2 Å². The Kier molecular flexibility index (Phi) is 6.61. The summed E-state index contributed by atoms with van der Waals surface area (Å²) < 4.78 is 40.3. The number of hydrogen-bond acceptors (Lipinski definition) is 5. The Hall–Kier alpha value is -3.38. The van der Waals surface area contributed by atoms with Crippen molar-refractivity contribution < 1.29 is 32.7 Å². The lowest BCUT2D eigenvalue weighted by molar-refractivity contribution is -0.142. The molecular formula is C16H19F3N6O4. The zero-order chi connectivity index (χ0) is 21.8. The number of carbonyl (C=O) groups excluding carboxylic acids is 2. The first-order valence-corrected chi connectivity index (χ1v) is 8.53. The molecule has 0 spiro atoms. The van der Waals surface area contributed by atoms with Gasteiger partial charge in [0.1, 0.15) is 11.7 Å². The van der Waals surface area contributed by atoms with E-state index in [1.54, 1.807) is 6.92 Å². The van der Waals surface area contributed by atoms with Crippen LogP contribution in [0.4, 0.5) is 13.2 Å². The van der Waals surface area contributed by atoms with E-state index in [9.17, 15) is 27.6 Å². The number of carbonyl (C=O) groups is 3. The van der Waals surface area contributed by atoms with Gasteiger partial charge in [-0.1, -0.05) is 0 Å². The molecule has 0 saturated carbocycles. The van der Waals surface area contributed by atoms with Crippen molar-refractivity contribution >= 4 is 17.8 Å². The molecule has 158 valence electrons. The number of hydrogen-bond donors (Lipinski definition) is 3. The minimum Gasteiger partial charge on any atom is -0.480 e. The molecule has 10 nitrogen and oxygen atoms in total. The van der Waals surface area contributed by atoms with E-state index in [4.69, 9.17) is 5.11 Å². The molecule has 0 aliphatic rings. The zero-order valence-corrected chi connectivity index (χ0v) is 15.5. The molecule has 2 aromatic rings. The molecule has 0 aliphatic heterocycles. The van der Waals surface area contributed by atoms with Gasteiger partial charge in [-0.2, -0.15) is 23.4 Å². The van der Waals surface area contributed by atoms with E-state index < -0.39 is 35.7 Å². The minimum absolute atomic E-state index is 0.00335. The number of alkyl halides is 3. The minimum atomic E-state index is -4.66. The van der Waals surface area contributed by atoms with Gasteiger partial charge in [-0.15, -0.1) is 0 Å². The Morgan fingerprint density at radius 3 is 2.38 bits per heavy atom. The van der Waals surface area contributed by atoms with Crippen LogP contribution in [0.3, 0.4) is 0 Å². The van der Waals surface area contributed by atoms with Crippen LogP contribution in [0.25, 0.3) is 0 Å². The Morgan fingerprint density at radius 1 is 1.21 bits per heavy atom. The molecule has 0 radical (unpaired) electrons. The number of amides is 2. The summed E-state index contributed by atoms with van der Waals surface area (Å²) in [7, 11) is 0. The lowest BCUT2D eigenvalue weighted by atomic mass is 10.3. The van der Waals surface area contributed by atoms with Crippen LogP contribution < -0.4 is 10.6 Å². The van der Waals surface area contributed by atoms with Gasteiger partial charge in [0.2, 0.25) is 0 Å². The number of nitrogens with zero attached hydrogens (tertiary/aromatic N) is 4. The first kappa shape index (κ1) is 21.9. The molecule has 2 heterocycles. The van der Waals surface area contributed by atoms with Gasteiger partial charge in [0, 0.05) is 31.9 Å². The fourth-order valence-corrected chi connectivity index (χ4v) is 2.30. The van der Waals surface area contributed by atoms with E-state index in [0.717, 1.165) is 9.36 Å². The third-order valence-electron chi connectivity index (χ3n) is 3.92. The van der Waals surface area contributed by atoms with Crippen molar-refractivity contribution in [3.63, 3.8) is 0 Å². The van der Waals surface area contributed by atoms with Gasteiger partial charge in [-0.3, -0.25) is 19.0 Å². The lowest BCUT2D eigenvalue weighted by Gasteiger charge is -2.07. The molecule has 0 saturated heterocycles. The normalized spacial score (nSPS) is 12.4. The van der Waals surface area contributed by atoms with Crippen molar-refractivity contribution in [3.8, 4) is 0 Å². The van der Waals surface area contributed by atoms with Gasteiger partial charge in [0.05, 0.1) is 11.8 Å². The summed E-state index contributed by atoms with van der Waals surface area (Å²) in [5.74, 6) is -2.41. The molecule has 0 fully saturated rings. The van der Waals surface area contributed by atoms with Crippen LogP contribution in [0.15, 0.2) is 18.5 Å². The molecule has 1 unspecified atom stereocenters. The first-order chi connectivity index (χ1) is 13.5. The smallest absolute Gasteiger partial charge is 0.435 e. The molecule has 2 rings (SSSR count). The maximum atomic E-state index is 12.7. The van der Waals surface area contributed by atoms with Crippen LogP contribution in [0.1, 0.15) is 46.4 Å². The summed E-state index contributed by atoms with van der Waals surface area (Å²) in [6, 6.07) is -0.282. The summed E-state index contributed by atoms with van der Waals surface area (Å²) >= 11 is 0. The number of halogens is 3. The monoisotopic (exact) mass is 416 g/mol. The van der Waals surface area contributed by atoms with Crippen molar-refractivity contribution in [2.24, 2.45) is 0 Å². The molecule has 0 aliphatic carbocycles. The standard InChI is InChI=1S/C16H19F3N6O4/c1-3-24-11(6-12(23-24)16(17,18)19)14(27)21-5-4-20-13(26)10-7-22-25(8-10)9(2)15(28)29/h6-9H,3-5H2,1-2H3,(H,20,26)(H,21,27)(H,28,29). The van der Waals surface area contributed by atoms with E-state index in [1.165, 1.54) is 19.3 Å². The molecule has 0 aromatic carbocycles. The highest BCUT2D eigenvalue weighted by Crippen LogP contribution is 2.28. The zero-order valence-electron chi connectivity index (χ0n) is 15.5. The number of aliphatic carboxylic acids is 1. The van der Waals surface area contributed by atoms with Gasteiger partial charge in [0.15, 0.2) is 5.69 Å². The maximum Gasteiger partial charge on any atom is 0.435 e. The fraction of sp³-hybridized carbons (Fsp3) is 0.438. The summed E-state index contributed by atoms with van der Waals surface area (Å²) in [6.07, 6.45) is -2.19. The topological polar surface area (TPSA) is 131 Å².